The molecule has 2 aromatic rings. The van der Waals surface area contributed by atoms with Crippen molar-refractivity contribution < 1.29 is 23.6 Å². The van der Waals surface area contributed by atoms with Gasteiger partial charge in [0.1, 0.15) is 12.4 Å². The Morgan fingerprint density at radius 1 is 0.875 bits per heavy atom. The molecular formula is C23H23FN4O4. The van der Waals surface area contributed by atoms with Crippen molar-refractivity contribution in [3.8, 4) is 0 Å². The number of nitrogens with one attached hydrogen (secondary N) is 1. The number of piperazine rings is 1. The number of fused-ring (bicyclic) bond motifs is 1. The Bertz CT molecular complexity index is 1010. The summed E-state index contributed by atoms with van der Waals surface area (Å²) in [6, 6.07) is 11.9. The lowest BCUT2D eigenvalue weighted by atomic mass is 10.1. The molecule has 0 radical (unpaired) electrons. The van der Waals surface area contributed by atoms with Crippen LogP contribution >= 0.6 is 0 Å². The van der Waals surface area contributed by atoms with Crippen LogP contribution in [0.15, 0.2) is 48.5 Å². The molecule has 2 heterocycles. The van der Waals surface area contributed by atoms with Gasteiger partial charge in [-0.1, -0.05) is 12.1 Å². The number of rotatable bonds is 6. The molecule has 4 amide bonds. The molecule has 2 aliphatic rings. The van der Waals surface area contributed by atoms with E-state index in [1.807, 2.05) is 0 Å². The zero-order valence-electron chi connectivity index (χ0n) is 17.4. The Labute approximate surface area is 184 Å². The van der Waals surface area contributed by atoms with Gasteiger partial charge in [0.15, 0.2) is 0 Å². The van der Waals surface area contributed by atoms with Crippen LogP contribution in [0.25, 0.3) is 0 Å². The van der Waals surface area contributed by atoms with Crippen LogP contribution in [0.5, 0.6) is 0 Å². The molecule has 9 heteroatoms. The number of carbonyl (C=O) groups is 4. The minimum Gasteiger partial charge on any atom is -0.351 e. The highest BCUT2D eigenvalue weighted by Crippen LogP contribution is 2.22. The van der Waals surface area contributed by atoms with E-state index in [9.17, 15) is 23.6 Å². The van der Waals surface area contributed by atoms with E-state index in [0.717, 1.165) is 4.90 Å². The van der Waals surface area contributed by atoms with Crippen molar-refractivity contribution in [3.05, 3.63) is 71.0 Å². The monoisotopic (exact) mass is 438 g/mol. The quantitative estimate of drug-likeness (QED) is 0.680. The summed E-state index contributed by atoms with van der Waals surface area (Å²) in [5.74, 6) is -1.79. The van der Waals surface area contributed by atoms with Crippen LogP contribution < -0.4 is 5.32 Å². The van der Waals surface area contributed by atoms with Crippen LogP contribution in [0, 0.1) is 5.82 Å². The molecule has 32 heavy (non-hydrogen) atoms. The summed E-state index contributed by atoms with van der Waals surface area (Å²) in [7, 11) is 0. The average Bonchev–Trinajstić information content (AvgIpc) is 3.05. The van der Waals surface area contributed by atoms with Crippen molar-refractivity contribution in [3.63, 3.8) is 0 Å². The number of hydrogen-bond donors (Lipinski definition) is 1. The summed E-state index contributed by atoms with van der Waals surface area (Å²) in [6.45, 7) is 3.00. The van der Waals surface area contributed by atoms with Gasteiger partial charge in [0, 0.05) is 44.8 Å². The van der Waals surface area contributed by atoms with Gasteiger partial charge in [-0.05, 0) is 36.4 Å². The topological polar surface area (TPSA) is 90.0 Å². The van der Waals surface area contributed by atoms with E-state index in [4.69, 9.17) is 0 Å². The fraction of sp³-hybridized carbons (Fsp3) is 0.304. The van der Waals surface area contributed by atoms with Gasteiger partial charge < -0.3 is 10.2 Å². The highest BCUT2D eigenvalue weighted by molar-refractivity contribution is 6.22. The van der Waals surface area contributed by atoms with Crippen molar-refractivity contribution in [2.75, 3.05) is 45.8 Å². The summed E-state index contributed by atoms with van der Waals surface area (Å²) in [4.78, 5) is 54.4. The maximum absolute atomic E-state index is 12.9. The molecule has 1 fully saturated rings. The number of imide groups is 1. The molecule has 0 atom stereocenters. The van der Waals surface area contributed by atoms with Crippen LogP contribution in [-0.4, -0.2) is 84.1 Å². The highest BCUT2D eigenvalue weighted by Gasteiger charge is 2.37. The van der Waals surface area contributed by atoms with Gasteiger partial charge in [0.05, 0.1) is 11.1 Å². The van der Waals surface area contributed by atoms with E-state index < -0.39 is 17.6 Å². The van der Waals surface area contributed by atoms with E-state index in [-0.39, 0.29) is 18.4 Å². The summed E-state index contributed by atoms with van der Waals surface area (Å²) in [5, 5.41) is 2.80. The third-order valence-corrected chi connectivity index (χ3v) is 5.72. The lowest BCUT2D eigenvalue weighted by Gasteiger charge is -2.35. The van der Waals surface area contributed by atoms with Crippen LogP contribution in [0.2, 0.25) is 0 Å². The van der Waals surface area contributed by atoms with Crippen molar-refractivity contribution in [1.82, 2.24) is 20.0 Å². The first kappa shape index (κ1) is 21.6. The molecule has 8 nitrogen and oxygen atoms in total. The van der Waals surface area contributed by atoms with E-state index in [1.165, 1.54) is 24.3 Å². The third kappa shape index (κ3) is 4.52. The zero-order valence-corrected chi connectivity index (χ0v) is 17.4. The van der Waals surface area contributed by atoms with Crippen molar-refractivity contribution >= 4 is 23.6 Å². The largest absolute Gasteiger partial charge is 0.351 e. The first-order chi connectivity index (χ1) is 15.4. The molecular weight excluding hydrogens is 415 g/mol. The minimum atomic E-state index is -0.436. The van der Waals surface area contributed by atoms with E-state index in [0.29, 0.717) is 56.0 Å². The second-order valence-corrected chi connectivity index (χ2v) is 7.73. The Morgan fingerprint density at radius 2 is 1.47 bits per heavy atom. The lowest BCUT2D eigenvalue weighted by Crippen LogP contribution is -2.52. The number of nitrogens with zero attached hydrogens (tertiary/aromatic N) is 3. The number of carbonyl (C=O) groups excluding carboxylic acids is 4. The van der Waals surface area contributed by atoms with Gasteiger partial charge in [-0.2, -0.15) is 0 Å². The maximum atomic E-state index is 12.9. The van der Waals surface area contributed by atoms with Gasteiger partial charge in [0.2, 0.25) is 5.91 Å². The fourth-order valence-electron chi connectivity index (χ4n) is 3.87. The molecule has 2 aliphatic heterocycles. The summed E-state index contributed by atoms with van der Waals surface area (Å²) in [6.07, 6.45) is 0. The third-order valence-electron chi connectivity index (χ3n) is 5.72. The second-order valence-electron chi connectivity index (χ2n) is 7.73. The summed E-state index contributed by atoms with van der Waals surface area (Å²) >= 11 is 0. The molecule has 1 N–H and O–H groups in total. The number of halogens is 1. The number of hydrogen-bond acceptors (Lipinski definition) is 5. The maximum Gasteiger partial charge on any atom is 0.262 e. The van der Waals surface area contributed by atoms with E-state index in [2.05, 4.69) is 10.2 Å². The summed E-state index contributed by atoms with van der Waals surface area (Å²) in [5.41, 5.74) is 1.06. The SMILES string of the molecule is O=C(NCCN1CCN(C(=O)CN2C(=O)c3ccccc3C2=O)CC1)c1ccc(F)cc1. The van der Waals surface area contributed by atoms with Gasteiger partial charge in [-0.15, -0.1) is 0 Å². The van der Waals surface area contributed by atoms with Crippen LogP contribution in [0.4, 0.5) is 4.39 Å². The fourth-order valence-corrected chi connectivity index (χ4v) is 3.87. The van der Waals surface area contributed by atoms with Crippen LogP contribution in [-0.2, 0) is 4.79 Å². The highest BCUT2D eigenvalue weighted by atomic mass is 19.1. The van der Waals surface area contributed by atoms with Crippen molar-refractivity contribution in [2.45, 2.75) is 0 Å². The van der Waals surface area contributed by atoms with Gasteiger partial charge in [-0.25, -0.2) is 4.39 Å². The molecule has 4 rings (SSSR count). The van der Waals surface area contributed by atoms with Gasteiger partial charge in [0.25, 0.3) is 17.7 Å². The zero-order chi connectivity index (χ0) is 22.7. The number of benzene rings is 2. The van der Waals surface area contributed by atoms with E-state index >= 15 is 0 Å². The second kappa shape index (κ2) is 9.27. The molecule has 0 spiro atoms. The predicted molar refractivity (Wildman–Crippen MR) is 114 cm³/mol. The van der Waals surface area contributed by atoms with Gasteiger partial charge >= 0.3 is 0 Å². The molecule has 0 bridgehead atoms. The molecule has 2 aromatic carbocycles. The molecule has 1 saturated heterocycles. The Kier molecular flexibility index (Phi) is 6.27. The Morgan fingerprint density at radius 3 is 2.06 bits per heavy atom. The first-order valence-corrected chi connectivity index (χ1v) is 10.4. The first-order valence-electron chi connectivity index (χ1n) is 10.4. The Balaban J connectivity index is 1.21. The molecule has 0 saturated carbocycles. The molecule has 0 aliphatic carbocycles. The number of amides is 4. The minimum absolute atomic E-state index is 0.260. The lowest BCUT2D eigenvalue weighted by molar-refractivity contribution is -0.133. The molecule has 166 valence electrons. The van der Waals surface area contributed by atoms with Crippen LogP contribution in [0.1, 0.15) is 31.1 Å². The molecule has 0 aromatic heterocycles. The predicted octanol–water partition coefficient (Wildman–Crippen LogP) is 0.996. The molecule has 0 unspecified atom stereocenters. The standard InChI is InChI=1S/C23H23FN4O4/c24-17-7-5-16(6-8-17)21(30)25-9-10-26-11-13-27(14-12-26)20(29)15-28-22(31)18-3-1-2-4-19(18)23(28)32/h1-8H,9-15H2,(H,25,30). The van der Waals surface area contributed by atoms with Crippen molar-refractivity contribution in [2.24, 2.45) is 0 Å². The van der Waals surface area contributed by atoms with Crippen molar-refractivity contribution in [1.29, 1.82) is 0 Å². The van der Waals surface area contributed by atoms with Crippen LogP contribution in [0.3, 0.4) is 0 Å². The average molecular weight is 438 g/mol. The van der Waals surface area contributed by atoms with Gasteiger partial charge in [-0.3, -0.25) is 29.0 Å². The normalized spacial score (nSPS) is 16.3. The smallest absolute Gasteiger partial charge is 0.262 e. The van der Waals surface area contributed by atoms with E-state index in [1.54, 1.807) is 29.2 Å². The summed E-state index contributed by atoms with van der Waals surface area (Å²) < 4.78 is 12.9. The Hall–Kier alpha value is -3.59.